The van der Waals surface area contributed by atoms with Gasteiger partial charge in [-0.2, -0.15) is 13.2 Å². The summed E-state index contributed by atoms with van der Waals surface area (Å²) < 4.78 is 54.1. The summed E-state index contributed by atoms with van der Waals surface area (Å²) >= 11 is 0. The fourth-order valence-electron chi connectivity index (χ4n) is 4.91. The van der Waals surface area contributed by atoms with Crippen molar-refractivity contribution in [1.82, 2.24) is 20.0 Å². The van der Waals surface area contributed by atoms with Gasteiger partial charge in [-0.3, -0.25) is 10.2 Å². The van der Waals surface area contributed by atoms with Crippen LogP contribution in [-0.2, 0) is 11.0 Å². The van der Waals surface area contributed by atoms with Crippen LogP contribution in [0.2, 0.25) is 0 Å². The van der Waals surface area contributed by atoms with Crippen LogP contribution >= 0.6 is 0 Å². The van der Waals surface area contributed by atoms with E-state index in [2.05, 4.69) is 12.2 Å². The van der Waals surface area contributed by atoms with Gasteiger partial charge in [0.15, 0.2) is 0 Å². The first kappa shape index (κ1) is 28.0. The van der Waals surface area contributed by atoms with Crippen LogP contribution in [-0.4, -0.2) is 79.3 Å². The zero-order valence-corrected chi connectivity index (χ0v) is 21.7. The van der Waals surface area contributed by atoms with Gasteiger partial charge in [0, 0.05) is 62.6 Å². The van der Waals surface area contributed by atoms with E-state index in [4.69, 9.17) is 5.41 Å². The molecular formula is C26H37F4N5O. The zero-order valence-electron chi connectivity index (χ0n) is 21.7. The van der Waals surface area contributed by atoms with Crippen LogP contribution in [0.1, 0.15) is 50.7 Å². The average Bonchev–Trinajstić information content (AvgIpc) is 3.21. The molecule has 1 aliphatic heterocycles. The van der Waals surface area contributed by atoms with E-state index in [9.17, 15) is 22.4 Å². The van der Waals surface area contributed by atoms with Crippen molar-refractivity contribution in [2.45, 2.75) is 51.7 Å². The SMILES string of the molecule is CNC1=C(C(=N)N2CCN(C(=O)[C@H](CN(C)C(C)C)c3ccc(C(F)(F)F)cc3F)CC2)[C@H](C)CC1. The predicted molar refractivity (Wildman–Crippen MR) is 132 cm³/mol. The van der Waals surface area contributed by atoms with E-state index in [-0.39, 0.29) is 24.1 Å². The number of rotatable bonds is 7. The molecule has 2 atom stereocenters. The van der Waals surface area contributed by atoms with Crippen LogP contribution in [0.25, 0.3) is 0 Å². The van der Waals surface area contributed by atoms with E-state index in [1.807, 2.05) is 37.7 Å². The molecule has 0 aromatic heterocycles. The summed E-state index contributed by atoms with van der Waals surface area (Å²) in [7, 11) is 3.67. The van der Waals surface area contributed by atoms with Gasteiger partial charge in [0.25, 0.3) is 0 Å². The topological polar surface area (TPSA) is 62.7 Å². The quantitative estimate of drug-likeness (QED) is 0.326. The first-order valence-electron chi connectivity index (χ1n) is 12.4. The monoisotopic (exact) mass is 511 g/mol. The molecule has 1 saturated heterocycles. The number of benzene rings is 1. The van der Waals surface area contributed by atoms with E-state index in [1.165, 1.54) is 0 Å². The Morgan fingerprint density at radius 2 is 1.81 bits per heavy atom. The van der Waals surface area contributed by atoms with E-state index in [0.717, 1.165) is 36.2 Å². The van der Waals surface area contributed by atoms with Crippen LogP contribution in [0.4, 0.5) is 17.6 Å². The number of nitrogens with zero attached hydrogens (tertiary/aromatic N) is 3. The van der Waals surface area contributed by atoms with Crippen LogP contribution < -0.4 is 5.32 Å². The van der Waals surface area contributed by atoms with Crippen LogP contribution in [0.5, 0.6) is 0 Å². The molecule has 0 saturated carbocycles. The Morgan fingerprint density at radius 1 is 1.19 bits per heavy atom. The molecule has 0 bridgehead atoms. The number of likely N-dealkylation sites (N-methyl/N-ethyl adjacent to an activating group) is 1. The second-order valence-electron chi connectivity index (χ2n) is 10.1. The molecule has 1 heterocycles. The lowest BCUT2D eigenvalue weighted by Crippen LogP contribution is -2.53. The van der Waals surface area contributed by atoms with Crippen molar-refractivity contribution in [3.8, 4) is 0 Å². The third-order valence-electron chi connectivity index (χ3n) is 7.46. The molecule has 10 heteroatoms. The fourth-order valence-corrected chi connectivity index (χ4v) is 4.91. The summed E-state index contributed by atoms with van der Waals surface area (Å²) in [6.45, 7) is 7.84. The third-order valence-corrected chi connectivity index (χ3v) is 7.46. The van der Waals surface area contributed by atoms with Gasteiger partial charge in [0.2, 0.25) is 5.91 Å². The molecule has 3 rings (SSSR count). The second kappa shape index (κ2) is 11.2. The van der Waals surface area contributed by atoms with Crippen molar-refractivity contribution in [3.05, 3.63) is 46.4 Å². The third kappa shape index (κ3) is 6.02. The number of hydrogen-bond donors (Lipinski definition) is 2. The second-order valence-corrected chi connectivity index (χ2v) is 10.1. The lowest BCUT2D eigenvalue weighted by molar-refractivity contribution is -0.137. The molecule has 1 fully saturated rings. The van der Waals surface area contributed by atoms with Crippen LogP contribution in [0, 0.1) is 17.1 Å². The Balaban J connectivity index is 1.78. The molecule has 2 N–H and O–H groups in total. The van der Waals surface area contributed by atoms with Gasteiger partial charge in [-0.1, -0.05) is 13.0 Å². The predicted octanol–water partition coefficient (Wildman–Crippen LogP) is 4.29. The maximum absolute atomic E-state index is 14.9. The highest BCUT2D eigenvalue weighted by atomic mass is 19.4. The molecule has 1 aromatic rings. The number of halogens is 4. The minimum absolute atomic E-state index is 0.0285. The average molecular weight is 512 g/mol. The first-order chi connectivity index (χ1) is 16.8. The van der Waals surface area contributed by atoms with Crippen molar-refractivity contribution < 1.29 is 22.4 Å². The molecule has 200 valence electrons. The van der Waals surface area contributed by atoms with Crippen molar-refractivity contribution in [2.75, 3.05) is 46.8 Å². The summed E-state index contributed by atoms with van der Waals surface area (Å²) in [5.74, 6) is -1.50. The number of carbonyl (C=O) groups is 1. The fraction of sp³-hybridized carbons (Fsp3) is 0.615. The number of amides is 1. The van der Waals surface area contributed by atoms with Crippen molar-refractivity contribution in [2.24, 2.45) is 5.92 Å². The Labute approximate surface area is 210 Å². The summed E-state index contributed by atoms with van der Waals surface area (Å²) in [4.78, 5) is 19.1. The number of piperazine rings is 1. The molecular weight excluding hydrogens is 474 g/mol. The Hall–Kier alpha value is -2.62. The van der Waals surface area contributed by atoms with Crippen LogP contribution in [0.15, 0.2) is 29.5 Å². The normalized spacial score (nSPS) is 19.9. The number of allylic oxidation sites excluding steroid dienone is 1. The van der Waals surface area contributed by atoms with Gasteiger partial charge in [-0.05, 0) is 51.8 Å². The standard InChI is InChI=1S/C26H37F4N5O/c1-16(2)33(5)15-20(19-8-7-18(14-21(19)27)26(28,29)30)25(36)35-12-10-34(11-13-35)24(31)23-17(3)6-9-22(23)32-4/h7-8,14,16-17,20,31-32H,6,9-13,15H2,1-5H3/t17-,20-/m1/s1. The largest absolute Gasteiger partial charge is 0.416 e. The summed E-state index contributed by atoms with van der Waals surface area (Å²) in [5, 5.41) is 12.0. The smallest absolute Gasteiger partial charge is 0.391 e. The number of nitrogens with one attached hydrogen (secondary N) is 2. The maximum Gasteiger partial charge on any atom is 0.416 e. The summed E-state index contributed by atoms with van der Waals surface area (Å²) in [6, 6.07) is 2.47. The molecule has 0 radical (unpaired) electrons. The van der Waals surface area contributed by atoms with Gasteiger partial charge in [-0.25, -0.2) is 4.39 Å². The number of hydrogen-bond acceptors (Lipinski definition) is 4. The van der Waals surface area contributed by atoms with Gasteiger partial charge in [0.1, 0.15) is 11.7 Å². The van der Waals surface area contributed by atoms with E-state index in [1.54, 1.807) is 4.90 Å². The summed E-state index contributed by atoms with van der Waals surface area (Å²) in [6.07, 6.45) is -2.75. The van der Waals surface area contributed by atoms with Crippen molar-refractivity contribution in [3.63, 3.8) is 0 Å². The highest BCUT2D eigenvalue weighted by Gasteiger charge is 2.36. The number of alkyl halides is 3. The van der Waals surface area contributed by atoms with E-state index >= 15 is 0 Å². The van der Waals surface area contributed by atoms with Gasteiger partial charge in [-0.15, -0.1) is 0 Å². The molecule has 0 unspecified atom stereocenters. The molecule has 6 nitrogen and oxygen atoms in total. The Kier molecular flexibility index (Phi) is 8.69. The van der Waals surface area contributed by atoms with Gasteiger partial charge in [0.05, 0.1) is 11.5 Å². The minimum Gasteiger partial charge on any atom is -0.391 e. The minimum atomic E-state index is -4.66. The highest BCUT2D eigenvalue weighted by molar-refractivity contribution is 5.97. The maximum atomic E-state index is 14.9. The lowest BCUT2D eigenvalue weighted by Gasteiger charge is -2.39. The first-order valence-corrected chi connectivity index (χ1v) is 12.4. The Bertz CT molecular complexity index is 999. The van der Waals surface area contributed by atoms with Crippen molar-refractivity contribution in [1.29, 1.82) is 5.41 Å². The molecule has 0 spiro atoms. The Morgan fingerprint density at radius 3 is 2.33 bits per heavy atom. The van der Waals surface area contributed by atoms with E-state index < -0.39 is 23.5 Å². The van der Waals surface area contributed by atoms with E-state index in [0.29, 0.717) is 44.0 Å². The van der Waals surface area contributed by atoms with Gasteiger partial charge >= 0.3 is 6.18 Å². The lowest BCUT2D eigenvalue weighted by atomic mass is 9.94. The molecule has 1 aliphatic carbocycles. The zero-order chi connectivity index (χ0) is 26.8. The van der Waals surface area contributed by atoms with Crippen LogP contribution in [0.3, 0.4) is 0 Å². The van der Waals surface area contributed by atoms with Gasteiger partial charge < -0.3 is 20.0 Å². The number of amidine groups is 1. The molecule has 2 aliphatic rings. The van der Waals surface area contributed by atoms with Crippen molar-refractivity contribution >= 4 is 11.7 Å². The molecule has 1 amide bonds. The molecule has 36 heavy (non-hydrogen) atoms. The molecule has 1 aromatic carbocycles. The highest BCUT2D eigenvalue weighted by Crippen LogP contribution is 2.34. The summed E-state index contributed by atoms with van der Waals surface area (Å²) in [5.41, 5.74) is 0.996. The number of carbonyl (C=O) groups excluding carboxylic acids is 1.